The number of rotatable bonds is 4. The van der Waals surface area contributed by atoms with Crippen molar-refractivity contribution in [2.75, 3.05) is 6.61 Å². The summed E-state index contributed by atoms with van der Waals surface area (Å²) in [7, 11) is 0. The SMILES string of the molecule is CCOC(C)Sc1ccccn1. The summed E-state index contributed by atoms with van der Waals surface area (Å²) in [4.78, 5) is 4.18. The van der Waals surface area contributed by atoms with Gasteiger partial charge in [0, 0.05) is 12.8 Å². The van der Waals surface area contributed by atoms with Crippen molar-refractivity contribution in [3.8, 4) is 0 Å². The van der Waals surface area contributed by atoms with E-state index in [-0.39, 0.29) is 5.44 Å². The van der Waals surface area contributed by atoms with E-state index in [9.17, 15) is 0 Å². The van der Waals surface area contributed by atoms with Gasteiger partial charge in [0.1, 0.15) is 5.44 Å². The average molecular weight is 183 g/mol. The number of aromatic nitrogens is 1. The van der Waals surface area contributed by atoms with Gasteiger partial charge < -0.3 is 4.74 Å². The molecule has 1 atom stereocenters. The highest BCUT2D eigenvalue weighted by Crippen LogP contribution is 2.20. The van der Waals surface area contributed by atoms with Gasteiger partial charge in [-0.1, -0.05) is 17.8 Å². The van der Waals surface area contributed by atoms with Crippen LogP contribution in [0.15, 0.2) is 29.4 Å². The van der Waals surface area contributed by atoms with Crippen molar-refractivity contribution in [1.29, 1.82) is 0 Å². The molecule has 0 aliphatic heterocycles. The lowest BCUT2D eigenvalue weighted by atomic mass is 10.5. The molecule has 0 radical (unpaired) electrons. The highest BCUT2D eigenvalue weighted by atomic mass is 32.2. The van der Waals surface area contributed by atoms with Crippen LogP contribution in [0.3, 0.4) is 0 Å². The fourth-order valence-electron chi connectivity index (χ4n) is 0.856. The van der Waals surface area contributed by atoms with Crippen molar-refractivity contribution >= 4 is 11.8 Å². The van der Waals surface area contributed by atoms with Crippen LogP contribution in [0.25, 0.3) is 0 Å². The van der Waals surface area contributed by atoms with Crippen LogP contribution in [0, 0.1) is 0 Å². The molecule has 0 N–H and O–H groups in total. The normalized spacial score (nSPS) is 12.8. The summed E-state index contributed by atoms with van der Waals surface area (Å²) >= 11 is 1.63. The summed E-state index contributed by atoms with van der Waals surface area (Å²) < 4.78 is 5.37. The van der Waals surface area contributed by atoms with E-state index >= 15 is 0 Å². The zero-order valence-electron chi connectivity index (χ0n) is 7.36. The molecule has 1 aromatic heterocycles. The summed E-state index contributed by atoms with van der Waals surface area (Å²) in [5.74, 6) is 0. The standard InChI is InChI=1S/C9H13NOS/c1-3-11-8(2)12-9-6-4-5-7-10-9/h4-8H,3H2,1-2H3. The van der Waals surface area contributed by atoms with Gasteiger partial charge in [-0.3, -0.25) is 0 Å². The molecule has 1 heterocycles. The Balaban J connectivity index is 2.41. The minimum Gasteiger partial charge on any atom is -0.368 e. The molecule has 1 aromatic rings. The lowest BCUT2D eigenvalue weighted by molar-refractivity contribution is 0.137. The largest absolute Gasteiger partial charge is 0.368 e. The first kappa shape index (κ1) is 9.55. The van der Waals surface area contributed by atoms with Crippen molar-refractivity contribution in [2.45, 2.75) is 24.3 Å². The lowest BCUT2D eigenvalue weighted by Crippen LogP contribution is -2.02. The molecule has 12 heavy (non-hydrogen) atoms. The van der Waals surface area contributed by atoms with E-state index in [1.807, 2.05) is 32.0 Å². The first-order valence-corrected chi connectivity index (χ1v) is 4.90. The van der Waals surface area contributed by atoms with Crippen LogP contribution in [0.2, 0.25) is 0 Å². The van der Waals surface area contributed by atoms with Crippen molar-refractivity contribution in [1.82, 2.24) is 4.98 Å². The third-order valence-corrected chi connectivity index (χ3v) is 2.28. The Morgan fingerprint density at radius 2 is 2.42 bits per heavy atom. The first-order valence-electron chi connectivity index (χ1n) is 4.02. The van der Waals surface area contributed by atoms with Crippen LogP contribution in [-0.4, -0.2) is 17.0 Å². The van der Waals surface area contributed by atoms with Crippen molar-refractivity contribution in [3.05, 3.63) is 24.4 Å². The number of hydrogen-bond acceptors (Lipinski definition) is 3. The molecule has 0 aliphatic carbocycles. The molecule has 1 rings (SSSR count). The van der Waals surface area contributed by atoms with Crippen LogP contribution in [0.5, 0.6) is 0 Å². The quantitative estimate of drug-likeness (QED) is 0.529. The maximum atomic E-state index is 5.37. The third kappa shape index (κ3) is 3.24. The van der Waals surface area contributed by atoms with E-state index < -0.39 is 0 Å². The van der Waals surface area contributed by atoms with Gasteiger partial charge >= 0.3 is 0 Å². The maximum Gasteiger partial charge on any atom is 0.106 e. The summed E-state index contributed by atoms with van der Waals surface area (Å²) in [5.41, 5.74) is 0.185. The van der Waals surface area contributed by atoms with Gasteiger partial charge in [0.25, 0.3) is 0 Å². The maximum absolute atomic E-state index is 5.37. The fourth-order valence-corrected chi connectivity index (χ4v) is 1.68. The number of ether oxygens (including phenoxy) is 1. The van der Waals surface area contributed by atoms with Gasteiger partial charge in [-0.15, -0.1) is 0 Å². The summed E-state index contributed by atoms with van der Waals surface area (Å²) in [5, 5.41) is 1.01. The highest BCUT2D eigenvalue weighted by molar-refractivity contribution is 7.99. The number of pyridine rings is 1. The topological polar surface area (TPSA) is 22.1 Å². The smallest absolute Gasteiger partial charge is 0.106 e. The summed E-state index contributed by atoms with van der Waals surface area (Å²) in [6, 6.07) is 5.88. The van der Waals surface area contributed by atoms with E-state index in [1.54, 1.807) is 18.0 Å². The number of nitrogens with zero attached hydrogens (tertiary/aromatic N) is 1. The fraction of sp³-hybridized carbons (Fsp3) is 0.444. The van der Waals surface area contributed by atoms with Crippen LogP contribution < -0.4 is 0 Å². The molecular formula is C9H13NOS. The Hall–Kier alpha value is -0.540. The van der Waals surface area contributed by atoms with E-state index in [0.29, 0.717) is 0 Å². The molecule has 0 aliphatic rings. The molecule has 0 saturated carbocycles. The van der Waals surface area contributed by atoms with Crippen LogP contribution >= 0.6 is 11.8 Å². The molecule has 0 fully saturated rings. The second-order valence-electron chi connectivity index (χ2n) is 2.31. The Morgan fingerprint density at radius 1 is 1.58 bits per heavy atom. The molecule has 0 aromatic carbocycles. The molecular weight excluding hydrogens is 170 g/mol. The summed E-state index contributed by atoms with van der Waals surface area (Å²) in [6.45, 7) is 4.78. The number of thioether (sulfide) groups is 1. The van der Waals surface area contributed by atoms with Crippen molar-refractivity contribution < 1.29 is 4.74 Å². The summed E-state index contributed by atoms with van der Waals surface area (Å²) in [6.07, 6.45) is 1.79. The minimum absolute atomic E-state index is 0.185. The van der Waals surface area contributed by atoms with Crippen molar-refractivity contribution in [2.24, 2.45) is 0 Å². The van der Waals surface area contributed by atoms with Crippen molar-refractivity contribution in [3.63, 3.8) is 0 Å². The zero-order valence-corrected chi connectivity index (χ0v) is 8.17. The van der Waals surface area contributed by atoms with Crippen LogP contribution in [-0.2, 0) is 4.74 Å². The predicted octanol–water partition coefficient (Wildman–Crippen LogP) is 2.56. The molecule has 0 spiro atoms. The molecule has 66 valence electrons. The molecule has 1 unspecified atom stereocenters. The Labute approximate surface area is 77.3 Å². The Morgan fingerprint density at radius 3 is 3.00 bits per heavy atom. The zero-order chi connectivity index (χ0) is 8.81. The molecule has 0 amide bonds. The lowest BCUT2D eigenvalue weighted by Gasteiger charge is -2.09. The Bertz CT molecular complexity index is 215. The molecule has 0 saturated heterocycles. The van der Waals surface area contributed by atoms with Gasteiger partial charge in [0.15, 0.2) is 0 Å². The van der Waals surface area contributed by atoms with E-state index in [2.05, 4.69) is 4.98 Å². The molecule has 0 bridgehead atoms. The first-order chi connectivity index (χ1) is 5.83. The van der Waals surface area contributed by atoms with Crippen LogP contribution in [0.4, 0.5) is 0 Å². The minimum atomic E-state index is 0.185. The molecule has 3 heteroatoms. The van der Waals surface area contributed by atoms with E-state index in [4.69, 9.17) is 4.74 Å². The van der Waals surface area contributed by atoms with Gasteiger partial charge in [-0.2, -0.15) is 0 Å². The molecule has 2 nitrogen and oxygen atoms in total. The van der Waals surface area contributed by atoms with Crippen LogP contribution in [0.1, 0.15) is 13.8 Å². The average Bonchev–Trinajstić information content (AvgIpc) is 2.06. The van der Waals surface area contributed by atoms with Gasteiger partial charge in [-0.05, 0) is 26.0 Å². The van der Waals surface area contributed by atoms with Gasteiger partial charge in [0.2, 0.25) is 0 Å². The monoisotopic (exact) mass is 183 g/mol. The second kappa shape index (κ2) is 5.17. The van der Waals surface area contributed by atoms with E-state index in [1.165, 1.54) is 0 Å². The van der Waals surface area contributed by atoms with Gasteiger partial charge in [0.05, 0.1) is 5.03 Å². The van der Waals surface area contributed by atoms with E-state index in [0.717, 1.165) is 11.6 Å². The highest BCUT2D eigenvalue weighted by Gasteiger charge is 2.02. The Kier molecular flexibility index (Phi) is 4.11. The predicted molar refractivity (Wildman–Crippen MR) is 51.2 cm³/mol. The number of hydrogen-bond donors (Lipinski definition) is 0. The third-order valence-electron chi connectivity index (χ3n) is 1.33. The van der Waals surface area contributed by atoms with Gasteiger partial charge in [-0.25, -0.2) is 4.98 Å². The second-order valence-corrected chi connectivity index (χ2v) is 3.63.